The van der Waals surface area contributed by atoms with Crippen molar-refractivity contribution in [2.24, 2.45) is 0 Å². The zero-order chi connectivity index (χ0) is 26.0. The van der Waals surface area contributed by atoms with Crippen LogP contribution in [0, 0.1) is 0 Å². The third kappa shape index (κ3) is 5.77. The SMILES string of the molecule is CC(C)(C)[Si](C)(C)Oc1ccc(Op2oc3ccccc3c3ccccc3o2)c(Sc2ccccc2)c1. The Morgan fingerprint density at radius 3 is 1.89 bits per heavy atom. The van der Waals surface area contributed by atoms with Gasteiger partial charge in [0.15, 0.2) is 5.75 Å². The molecule has 0 radical (unpaired) electrons. The average Bonchev–Trinajstić information content (AvgIpc) is 3.02. The Labute approximate surface area is 224 Å². The van der Waals surface area contributed by atoms with Crippen LogP contribution in [0.3, 0.4) is 0 Å². The van der Waals surface area contributed by atoms with E-state index in [1.807, 2.05) is 78.9 Å². The third-order valence-electron chi connectivity index (χ3n) is 6.65. The number of para-hydroxylation sites is 2. The van der Waals surface area contributed by atoms with E-state index in [1.54, 1.807) is 11.8 Å². The summed E-state index contributed by atoms with van der Waals surface area (Å²) in [6.45, 7) is 11.2. The molecule has 0 saturated carbocycles. The lowest BCUT2D eigenvalue weighted by molar-refractivity contribution is 0.479. The molecule has 190 valence electrons. The normalized spacial score (nSPS) is 12.0. The van der Waals surface area contributed by atoms with Gasteiger partial charge in [0.05, 0.1) is 4.90 Å². The largest absolute Gasteiger partial charge is 0.543 e. The Hall–Kier alpha value is -3.05. The van der Waals surface area contributed by atoms with Gasteiger partial charge in [0.2, 0.25) is 8.32 Å². The van der Waals surface area contributed by atoms with Crippen LogP contribution in [-0.2, 0) is 0 Å². The van der Waals surface area contributed by atoms with Gasteiger partial charge >= 0.3 is 8.24 Å². The van der Waals surface area contributed by atoms with Crippen LogP contribution in [0.5, 0.6) is 11.5 Å². The summed E-state index contributed by atoms with van der Waals surface area (Å²) in [6.07, 6.45) is 0. The molecule has 0 N–H and O–H groups in total. The van der Waals surface area contributed by atoms with Crippen molar-refractivity contribution in [2.75, 3.05) is 0 Å². The predicted octanol–water partition coefficient (Wildman–Crippen LogP) is 10.7. The van der Waals surface area contributed by atoms with E-state index in [9.17, 15) is 0 Å². The van der Waals surface area contributed by atoms with E-state index < -0.39 is 16.6 Å². The Balaban J connectivity index is 1.59. The van der Waals surface area contributed by atoms with Crippen molar-refractivity contribution in [3.8, 4) is 11.5 Å². The first-order valence-corrected chi connectivity index (χ1v) is 17.1. The Morgan fingerprint density at radius 1 is 0.730 bits per heavy atom. The highest BCUT2D eigenvalue weighted by molar-refractivity contribution is 7.99. The summed E-state index contributed by atoms with van der Waals surface area (Å²) in [5.74, 6) is 1.54. The molecule has 0 unspecified atom stereocenters. The second-order valence-corrected chi connectivity index (χ2v) is 17.2. The number of fused-ring (bicyclic) bond motifs is 3. The van der Waals surface area contributed by atoms with E-state index in [0.29, 0.717) is 5.75 Å². The maximum atomic E-state index is 6.62. The van der Waals surface area contributed by atoms with Gasteiger partial charge in [0.25, 0.3) is 0 Å². The van der Waals surface area contributed by atoms with E-state index in [-0.39, 0.29) is 5.04 Å². The van der Waals surface area contributed by atoms with E-state index in [0.717, 1.165) is 37.5 Å². The van der Waals surface area contributed by atoms with Gasteiger partial charge in [-0.05, 0) is 60.6 Å². The molecule has 1 aromatic heterocycles. The summed E-state index contributed by atoms with van der Waals surface area (Å²) < 4.78 is 25.7. The van der Waals surface area contributed by atoms with Crippen molar-refractivity contribution < 1.29 is 17.3 Å². The van der Waals surface area contributed by atoms with Crippen LogP contribution in [-0.4, -0.2) is 8.32 Å². The highest BCUT2D eigenvalue weighted by Gasteiger charge is 2.39. The van der Waals surface area contributed by atoms with Crippen LogP contribution in [0.4, 0.5) is 0 Å². The van der Waals surface area contributed by atoms with Crippen LogP contribution < -0.4 is 8.95 Å². The second kappa shape index (κ2) is 10.4. The van der Waals surface area contributed by atoms with Gasteiger partial charge in [-0.2, -0.15) is 0 Å². The molecule has 37 heavy (non-hydrogen) atoms. The smallest absolute Gasteiger partial charge is 0.453 e. The summed E-state index contributed by atoms with van der Waals surface area (Å²) in [4.78, 5) is 2.06. The van der Waals surface area contributed by atoms with Crippen molar-refractivity contribution >= 4 is 50.3 Å². The van der Waals surface area contributed by atoms with Crippen LogP contribution >= 0.6 is 20.0 Å². The maximum absolute atomic E-state index is 6.62. The van der Waals surface area contributed by atoms with E-state index in [1.165, 1.54) is 0 Å². The van der Waals surface area contributed by atoms with Gasteiger partial charge < -0.3 is 17.3 Å². The lowest BCUT2D eigenvalue weighted by atomic mass is 10.1. The molecule has 0 saturated heterocycles. The van der Waals surface area contributed by atoms with Crippen molar-refractivity contribution in [2.45, 2.75) is 48.7 Å². The highest BCUT2D eigenvalue weighted by atomic mass is 32.2. The molecule has 7 heteroatoms. The fourth-order valence-electron chi connectivity index (χ4n) is 3.60. The zero-order valence-electron chi connectivity index (χ0n) is 21.7. The number of hydrogen-bond donors (Lipinski definition) is 0. The Kier molecular flexibility index (Phi) is 7.17. The fraction of sp³-hybridized carbons (Fsp3) is 0.200. The molecule has 4 aromatic carbocycles. The van der Waals surface area contributed by atoms with Gasteiger partial charge in [-0.15, -0.1) is 0 Å². The first-order valence-electron chi connectivity index (χ1n) is 12.3. The maximum Gasteiger partial charge on any atom is 0.453 e. The minimum absolute atomic E-state index is 0.0982. The van der Waals surface area contributed by atoms with Gasteiger partial charge in [-0.1, -0.05) is 87.1 Å². The average molecular weight is 547 g/mol. The topological polar surface area (TPSA) is 44.7 Å². The standard InChI is InChI=1S/C30H31O4PSSi/c1-30(2,3)37(4,5)34-22-19-20-28(29(21-22)36-23-13-7-6-8-14-23)33-35-31-26-17-11-9-15-24(26)25-16-10-12-18-27(25)32-35/h6-21H,1-5H3. The fourth-order valence-corrected chi connectivity index (χ4v) is 6.69. The highest BCUT2D eigenvalue weighted by Crippen LogP contribution is 2.45. The number of benzene rings is 4. The molecule has 0 aliphatic carbocycles. The van der Waals surface area contributed by atoms with E-state index in [2.05, 4.69) is 52.1 Å². The second-order valence-electron chi connectivity index (χ2n) is 10.4. The summed E-state index contributed by atoms with van der Waals surface area (Å²) in [6, 6.07) is 32.2. The zero-order valence-corrected chi connectivity index (χ0v) is 24.4. The van der Waals surface area contributed by atoms with Gasteiger partial charge in [-0.3, -0.25) is 0 Å². The first kappa shape index (κ1) is 25.6. The molecule has 0 atom stereocenters. The number of rotatable bonds is 6. The summed E-state index contributed by atoms with van der Waals surface area (Å²) in [5, 5.41) is 2.08. The lowest BCUT2D eigenvalue weighted by Crippen LogP contribution is -2.43. The molecule has 0 aliphatic rings. The summed E-state index contributed by atoms with van der Waals surface area (Å²) >= 11 is 1.64. The molecule has 0 amide bonds. The van der Waals surface area contributed by atoms with E-state index in [4.69, 9.17) is 17.3 Å². The quantitative estimate of drug-likeness (QED) is 0.198. The molecule has 0 spiro atoms. The van der Waals surface area contributed by atoms with Crippen LogP contribution in [0.15, 0.2) is 115 Å². The number of hydrogen-bond acceptors (Lipinski definition) is 5. The minimum atomic E-state index is -2.00. The molecule has 0 aliphatic heterocycles. The van der Waals surface area contributed by atoms with Crippen molar-refractivity contribution in [1.82, 2.24) is 0 Å². The predicted molar refractivity (Wildman–Crippen MR) is 157 cm³/mol. The Bertz CT molecular complexity index is 1520. The van der Waals surface area contributed by atoms with Crippen LogP contribution in [0.25, 0.3) is 21.9 Å². The van der Waals surface area contributed by atoms with Crippen LogP contribution in [0.1, 0.15) is 20.8 Å². The molecule has 4 nitrogen and oxygen atoms in total. The molecule has 1 heterocycles. The molecule has 5 aromatic rings. The van der Waals surface area contributed by atoms with Crippen molar-refractivity contribution in [1.29, 1.82) is 0 Å². The molecule has 0 fully saturated rings. The van der Waals surface area contributed by atoms with Gasteiger partial charge in [-0.25, -0.2) is 0 Å². The third-order valence-corrected chi connectivity index (χ3v) is 13.1. The van der Waals surface area contributed by atoms with E-state index >= 15 is 0 Å². The van der Waals surface area contributed by atoms with Crippen molar-refractivity contribution in [3.63, 3.8) is 0 Å². The van der Waals surface area contributed by atoms with Crippen molar-refractivity contribution in [3.05, 3.63) is 97.1 Å². The molecular formula is C30H31O4PSSi. The Morgan fingerprint density at radius 2 is 1.30 bits per heavy atom. The summed E-state index contributed by atoms with van der Waals surface area (Å²) in [7, 11) is -3.74. The monoisotopic (exact) mass is 546 g/mol. The van der Waals surface area contributed by atoms with Gasteiger partial charge in [0.1, 0.15) is 16.9 Å². The van der Waals surface area contributed by atoms with Crippen LogP contribution in [0.2, 0.25) is 18.1 Å². The summed E-state index contributed by atoms with van der Waals surface area (Å²) in [5.41, 5.74) is 1.49. The molecule has 0 bridgehead atoms. The minimum Gasteiger partial charge on any atom is -0.543 e. The molecule has 5 rings (SSSR count). The first-order chi connectivity index (χ1) is 17.7. The van der Waals surface area contributed by atoms with Gasteiger partial charge in [0, 0.05) is 15.7 Å². The lowest BCUT2D eigenvalue weighted by Gasteiger charge is -2.36. The molecular weight excluding hydrogens is 515 g/mol.